The van der Waals surface area contributed by atoms with Crippen LogP contribution in [0.25, 0.3) is 0 Å². The molecule has 0 unspecified atom stereocenters. The van der Waals surface area contributed by atoms with Crippen molar-refractivity contribution in [2.45, 2.75) is 19.6 Å². The lowest BCUT2D eigenvalue weighted by Gasteiger charge is -2.24. The number of hydrogen-bond acceptors (Lipinski definition) is 5. The van der Waals surface area contributed by atoms with E-state index in [4.69, 9.17) is 14.8 Å². The summed E-state index contributed by atoms with van der Waals surface area (Å²) in [6.07, 6.45) is 0. The zero-order chi connectivity index (χ0) is 13.8. The van der Waals surface area contributed by atoms with E-state index < -0.39 is 13.4 Å². The number of hydrogen-bond donors (Lipinski definition) is 2. The number of nitrogens with two attached hydrogens (primary N) is 1. The van der Waals surface area contributed by atoms with E-state index in [0.717, 1.165) is 4.47 Å². The first kappa shape index (κ1) is 15.7. The van der Waals surface area contributed by atoms with Crippen LogP contribution in [-0.4, -0.2) is 18.3 Å². The van der Waals surface area contributed by atoms with Gasteiger partial charge in [0.05, 0.1) is 13.2 Å². The summed E-state index contributed by atoms with van der Waals surface area (Å²) in [4.78, 5) is 0. The Morgan fingerprint density at radius 1 is 1.39 bits per heavy atom. The Morgan fingerprint density at radius 2 is 1.94 bits per heavy atom. The molecule has 1 atom stereocenters. The summed E-state index contributed by atoms with van der Waals surface area (Å²) in [6.45, 7) is 3.86. The van der Waals surface area contributed by atoms with Gasteiger partial charge in [-0.05, 0) is 32.0 Å². The third-order valence-corrected chi connectivity index (χ3v) is 4.96. The van der Waals surface area contributed by atoms with E-state index in [1.54, 1.807) is 26.0 Å². The van der Waals surface area contributed by atoms with Gasteiger partial charge < -0.3 is 19.9 Å². The lowest BCUT2D eigenvalue weighted by Crippen LogP contribution is -2.15. The monoisotopic (exact) mass is 337 g/mol. The Balaban J connectivity index is 3.13. The molecule has 0 bridgehead atoms. The van der Waals surface area contributed by atoms with Gasteiger partial charge in [-0.2, -0.15) is 0 Å². The molecule has 0 aliphatic rings. The average molecular weight is 338 g/mol. The first-order valence-corrected chi connectivity index (χ1v) is 7.97. The highest BCUT2D eigenvalue weighted by molar-refractivity contribution is 9.10. The zero-order valence-electron chi connectivity index (χ0n) is 10.3. The highest BCUT2D eigenvalue weighted by atomic mass is 79.9. The van der Waals surface area contributed by atoms with Gasteiger partial charge in [-0.25, -0.2) is 0 Å². The molecule has 0 amide bonds. The molecule has 3 N–H and O–H groups in total. The maximum atomic E-state index is 12.5. The third-order valence-electron chi connectivity index (χ3n) is 2.27. The molecule has 0 aliphatic heterocycles. The molecular formula is C11H17BrNO4P. The molecule has 0 radical (unpaired) electrons. The Labute approximate surface area is 115 Å². The van der Waals surface area contributed by atoms with Crippen molar-refractivity contribution < 1.29 is 18.7 Å². The summed E-state index contributed by atoms with van der Waals surface area (Å²) < 4.78 is 23.5. The van der Waals surface area contributed by atoms with E-state index in [-0.39, 0.29) is 19.0 Å². The average Bonchev–Trinajstić information content (AvgIpc) is 2.32. The summed E-state index contributed by atoms with van der Waals surface area (Å²) in [7, 11) is -3.48. The minimum absolute atomic E-state index is 0.0367. The quantitative estimate of drug-likeness (QED) is 0.777. The van der Waals surface area contributed by atoms with Crippen LogP contribution in [0.2, 0.25) is 0 Å². The number of benzene rings is 1. The van der Waals surface area contributed by atoms with E-state index in [1.807, 2.05) is 0 Å². The first-order chi connectivity index (χ1) is 8.44. The minimum Gasteiger partial charge on any atom is -0.508 e. The smallest absolute Gasteiger partial charge is 0.351 e. The fourth-order valence-corrected chi connectivity index (χ4v) is 3.53. The molecule has 0 fully saturated rings. The van der Waals surface area contributed by atoms with E-state index in [1.165, 1.54) is 6.07 Å². The topological polar surface area (TPSA) is 81.8 Å². The Kier molecular flexibility index (Phi) is 5.82. The predicted molar refractivity (Wildman–Crippen MR) is 73.6 cm³/mol. The van der Waals surface area contributed by atoms with Crippen LogP contribution in [0, 0.1) is 0 Å². The second-order valence-corrected chi connectivity index (χ2v) is 6.59. The van der Waals surface area contributed by atoms with Crippen molar-refractivity contribution in [1.29, 1.82) is 0 Å². The highest BCUT2D eigenvalue weighted by Gasteiger charge is 2.35. The SMILES string of the molecule is CCOP(=O)(OCC)[C@@H](N)c1cc(Br)ccc1O. The van der Waals surface area contributed by atoms with Gasteiger partial charge in [0.2, 0.25) is 0 Å². The maximum Gasteiger partial charge on any atom is 0.351 e. The summed E-state index contributed by atoms with van der Waals surface area (Å²) in [5.41, 5.74) is 6.25. The van der Waals surface area contributed by atoms with Gasteiger partial charge in [-0.15, -0.1) is 0 Å². The second-order valence-electron chi connectivity index (χ2n) is 3.52. The van der Waals surface area contributed by atoms with Crippen molar-refractivity contribution in [2.75, 3.05) is 13.2 Å². The molecule has 0 heterocycles. The second kappa shape index (κ2) is 6.68. The molecule has 0 saturated carbocycles. The molecule has 1 aromatic carbocycles. The molecule has 0 spiro atoms. The van der Waals surface area contributed by atoms with Gasteiger partial charge >= 0.3 is 7.60 Å². The van der Waals surface area contributed by atoms with E-state index in [2.05, 4.69) is 15.9 Å². The van der Waals surface area contributed by atoms with Crippen LogP contribution in [-0.2, 0) is 13.6 Å². The number of aromatic hydroxyl groups is 1. The zero-order valence-corrected chi connectivity index (χ0v) is 12.8. The Hall–Kier alpha value is -0.390. The van der Waals surface area contributed by atoms with Crippen LogP contribution in [0.1, 0.15) is 25.2 Å². The van der Waals surface area contributed by atoms with Crippen LogP contribution in [0.4, 0.5) is 0 Å². The fraction of sp³-hybridized carbons (Fsp3) is 0.455. The molecule has 0 saturated heterocycles. The fourth-order valence-electron chi connectivity index (χ4n) is 1.49. The van der Waals surface area contributed by atoms with Crippen LogP contribution in [0.5, 0.6) is 5.75 Å². The van der Waals surface area contributed by atoms with Crippen molar-refractivity contribution in [3.05, 3.63) is 28.2 Å². The largest absolute Gasteiger partial charge is 0.508 e. The lowest BCUT2D eigenvalue weighted by molar-refractivity contribution is 0.212. The van der Waals surface area contributed by atoms with Crippen molar-refractivity contribution in [3.63, 3.8) is 0 Å². The van der Waals surface area contributed by atoms with E-state index in [0.29, 0.717) is 5.56 Å². The maximum absolute atomic E-state index is 12.5. The Bertz CT molecular complexity index is 445. The van der Waals surface area contributed by atoms with Gasteiger partial charge in [0.25, 0.3) is 0 Å². The highest BCUT2D eigenvalue weighted by Crippen LogP contribution is 2.59. The van der Waals surface area contributed by atoms with Gasteiger partial charge in [-0.3, -0.25) is 4.57 Å². The molecule has 0 aromatic heterocycles. The van der Waals surface area contributed by atoms with Crippen molar-refractivity contribution in [3.8, 4) is 5.75 Å². The van der Waals surface area contributed by atoms with Gasteiger partial charge in [0, 0.05) is 10.0 Å². The normalized spacial score (nSPS) is 13.6. The lowest BCUT2D eigenvalue weighted by atomic mass is 10.2. The molecule has 18 heavy (non-hydrogen) atoms. The standard InChI is InChI=1S/C11H17BrNO4P/c1-3-16-18(15,17-4-2)11(13)9-7-8(12)5-6-10(9)14/h5-7,11,14H,3-4,13H2,1-2H3/t11-/m1/s1. The van der Waals surface area contributed by atoms with Crippen LogP contribution < -0.4 is 5.73 Å². The number of halogens is 1. The van der Waals surface area contributed by atoms with Crippen LogP contribution in [0.15, 0.2) is 22.7 Å². The first-order valence-electron chi connectivity index (χ1n) is 5.57. The number of phenolic OH excluding ortho intramolecular Hbond substituents is 1. The summed E-state index contributed by atoms with van der Waals surface area (Å²) in [5, 5.41) is 9.77. The molecular weight excluding hydrogens is 321 g/mol. The minimum atomic E-state index is -3.48. The van der Waals surface area contributed by atoms with Gasteiger partial charge in [-0.1, -0.05) is 15.9 Å². The van der Waals surface area contributed by atoms with Crippen LogP contribution >= 0.6 is 23.5 Å². The van der Waals surface area contributed by atoms with Crippen molar-refractivity contribution in [2.24, 2.45) is 5.73 Å². The molecule has 1 aromatic rings. The Morgan fingerprint density at radius 3 is 2.44 bits per heavy atom. The van der Waals surface area contributed by atoms with Gasteiger partial charge in [0.15, 0.2) is 0 Å². The summed E-state index contributed by atoms with van der Waals surface area (Å²) >= 11 is 3.27. The van der Waals surface area contributed by atoms with Crippen LogP contribution in [0.3, 0.4) is 0 Å². The molecule has 1 rings (SSSR count). The summed E-state index contributed by atoms with van der Waals surface area (Å²) in [5.74, 6) is -1.06. The number of phenols is 1. The summed E-state index contributed by atoms with van der Waals surface area (Å²) in [6, 6.07) is 4.74. The van der Waals surface area contributed by atoms with Gasteiger partial charge in [0.1, 0.15) is 11.5 Å². The molecule has 0 aliphatic carbocycles. The molecule has 102 valence electrons. The molecule has 5 nitrogen and oxygen atoms in total. The molecule has 7 heteroatoms. The third kappa shape index (κ3) is 3.56. The van der Waals surface area contributed by atoms with Crippen molar-refractivity contribution in [1.82, 2.24) is 0 Å². The van der Waals surface area contributed by atoms with E-state index in [9.17, 15) is 9.67 Å². The number of rotatable bonds is 6. The van der Waals surface area contributed by atoms with Crippen molar-refractivity contribution >= 4 is 23.5 Å². The predicted octanol–water partition coefficient (Wildman–Crippen LogP) is 3.38. The van der Waals surface area contributed by atoms with E-state index >= 15 is 0 Å².